The number of nitrogens with one attached hydrogen (secondary N) is 1. The molecule has 0 aromatic heterocycles. The molecule has 1 aliphatic rings. The van der Waals surface area contributed by atoms with Crippen LogP contribution in [0.5, 0.6) is 0 Å². The molecule has 0 bridgehead atoms. The van der Waals surface area contributed by atoms with Gasteiger partial charge in [-0.1, -0.05) is 6.92 Å². The zero-order valence-electron chi connectivity index (χ0n) is 6.84. The SMILES string of the molecule is C[C@@H]1CNC[C@@H](CC(=O)O)C1. The Balaban J connectivity index is 2.28. The van der Waals surface area contributed by atoms with Crippen LogP contribution in [0.3, 0.4) is 0 Å². The van der Waals surface area contributed by atoms with Crippen LogP contribution in [-0.2, 0) is 4.79 Å². The Bertz CT molecular complexity index is 147. The molecule has 3 nitrogen and oxygen atoms in total. The maximum absolute atomic E-state index is 10.3. The van der Waals surface area contributed by atoms with Crippen molar-refractivity contribution in [1.29, 1.82) is 0 Å². The molecular weight excluding hydrogens is 142 g/mol. The maximum atomic E-state index is 10.3. The molecule has 0 amide bonds. The predicted octanol–water partition coefficient (Wildman–Crippen LogP) is 0.707. The number of hydrogen-bond acceptors (Lipinski definition) is 2. The highest BCUT2D eigenvalue weighted by molar-refractivity contribution is 5.67. The Morgan fingerprint density at radius 3 is 2.91 bits per heavy atom. The molecule has 11 heavy (non-hydrogen) atoms. The summed E-state index contributed by atoms with van der Waals surface area (Å²) >= 11 is 0. The van der Waals surface area contributed by atoms with Crippen molar-refractivity contribution in [1.82, 2.24) is 5.32 Å². The number of carbonyl (C=O) groups is 1. The Morgan fingerprint density at radius 2 is 2.36 bits per heavy atom. The zero-order chi connectivity index (χ0) is 8.27. The quantitative estimate of drug-likeness (QED) is 0.620. The number of carboxylic acid groups (broad SMARTS) is 1. The van der Waals surface area contributed by atoms with Crippen LogP contribution < -0.4 is 5.32 Å². The van der Waals surface area contributed by atoms with Gasteiger partial charge in [0.25, 0.3) is 0 Å². The third-order valence-corrected chi connectivity index (χ3v) is 2.12. The van der Waals surface area contributed by atoms with Gasteiger partial charge in [0.15, 0.2) is 0 Å². The number of carboxylic acids is 1. The first kappa shape index (κ1) is 8.53. The van der Waals surface area contributed by atoms with Gasteiger partial charge in [0.2, 0.25) is 0 Å². The van der Waals surface area contributed by atoms with Crippen LogP contribution in [0.15, 0.2) is 0 Å². The molecule has 2 atom stereocenters. The lowest BCUT2D eigenvalue weighted by molar-refractivity contribution is -0.138. The summed E-state index contributed by atoms with van der Waals surface area (Å²) in [6, 6.07) is 0. The molecule has 3 heteroatoms. The lowest BCUT2D eigenvalue weighted by Crippen LogP contribution is -2.35. The van der Waals surface area contributed by atoms with Crippen molar-refractivity contribution >= 4 is 5.97 Å². The first-order valence-electron chi connectivity index (χ1n) is 4.11. The summed E-state index contributed by atoms with van der Waals surface area (Å²) in [6.07, 6.45) is 1.37. The van der Waals surface area contributed by atoms with Gasteiger partial charge < -0.3 is 10.4 Å². The first-order valence-corrected chi connectivity index (χ1v) is 4.11. The predicted molar refractivity (Wildman–Crippen MR) is 42.4 cm³/mol. The molecule has 0 unspecified atom stereocenters. The minimum Gasteiger partial charge on any atom is -0.481 e. The maximum Gasteiger partial charge on any atom is 0.303 e. The molecule has 64 valence electrons. The van der Waals surface area contributed by atoms with E-state index in [1.807, 2.05) is 0 Å². The van der Waals surface area contributed by atoms with Crippen molar-refractivity contribution in [3.05, 3.63) is 0 Å². The van der Waals surface area contributed by atoms with Crippen LogP contribution in [0.25, 0.3) is 0 Å². The summed E-state index contributed by atoms with van der Waals surface area (Å²) in [4.78, 5) is 10.3. The van der Waals surface area contributed by atoms with Crippen molar-refractivity contribution in [2.45, 2.75) is 19.8 Å². The largest absolute Gasteiger partial charge is 0.481 e. The topological polar surface area (TPSA) is 49.3 Å². The van der Waals surface area contributed by atoms with E-state index in [0.29, 0.717) is 18.3 Å². The molecule has 1 rings (SSSR count). The van der Waals surface area contributed by atoms with E-state index in [1.165, 1.54) is 0 Å². The van der Waals surface area contributed by atoms with Crippen LogP contribution in [0.1, 0.15) is 19.8 Å². The van der Waals surface area contributed by atoms with Gasteiger partial charge in [-0.2, -0.15) is 0 Å². The van der Waals surface area contributed by atoms with E-state index in [9.17, 15) is 4.79 Å². The van der Waals surface area contributed by atoms with Gasteiger partial charge >= 0.3 is 5.97 Å². The molecule has 0 spiro atoms. The Morgan fingerprint density at radius 1 is 1.64 bits per heavy atom. The van der Waals surface area contributed by atoms with Gasteiger partial charge in [0.05, 0.1) is 0 Å². The van der Waals surface area contributed by atoms with E-state index in [-0.39, 0.29) is 0 Å². The van der Waals surface area contributed by atoms with Gasteiger partial charge in [-0.3, -0.25) is 4.79 Å². The van der Waals surface area contributed by atoms with Gasteiger partial charge in [-0.15, -0.1) is 0 Å². The molecule has 1 heterocycles. The zero-order valence-corrected chi connectivity index (χ0v) is 6.84. The number of hydrogen-bond donors (Lipinski definition) is 2. The van der Waals surface area contributed by atoms with Gasteiger partial charge in [-0.25, -0.2) is 0 Å². The highest BCUT2D eigenvalue weighted by atomic mass is 16.4. The highest BCUT2D eigenvalue weighted by Crippen LogP contribution is 2.18. The molecule has 0 saturated carbocycles. The van der Waals surface area contributed by atoms with E-state index in [1.54, 1.807) is 0 Å². The van der Waals surface area contributed by atoms with Gasteiger partial charge in [0.1, 0.15) is 0 Å². The summed E-state index contributed by atoms with van der Waals surface area (Å²) in [5, 5.41) is 11.8. The normalized spacial score (nSPS) is 31.7. The van der Waals surface area contributed by atoms with E-state index < -0.39 is 5.97 Å². The van der Waals surface area contributed by atoms with Crippen LogP contribution in [0.4, 0.5) is 0 Å². The number of aliphatic carboxylic acids is 1. The molecular formula is C8H15NO2. The average molecular weight is 157 g/mol. The van der Waals surface area contributed by atoms with E-state index in [4.69, 9.17) is 5.11 Å². The lowest BCUT2D eigenvalue weighted by Gasteiger charge is -2.26. The Kier molecular flexibility index (Phi) is 2.88. The van der Waals surface area contributed by atoms with Crippen molar-refractivity contribution in [2.75, 3.05) is 13.1 Å². The second-order valence-electron chi connectivity index (χ2n) is 3.46. The number of rotatable bonds is 2. The fourth-order valence-electron chi connectivity index (χ4n) is 1.67. The molecule has 0 aliphatic carbocycles. The first-order chi connectivity index (χ1) is 5.18. The van der Waals surface area contributed by atoms with Crippen LogP contribution in [0.2, 0.25) is 0 Å². The van der Waals surface area contributed by atoms with Crippen molar-refractivity contribution < 1.29 is 9.90 Å². The lowest BCUT2D eigenvalue weighted by atomic mass is 9.90. The second kappa shape index (κ2) is 3.72. The molecule has 0 aromatic carbocycles. The summed E-state index contributed by atoms with van der Waals surface area (Å²) in [5.74, 6) is 0.301. The minimum atomic E-state index is -0.675. The monoisotopic (exact) mass is 157 g/mol. The fraction of sp³-hybridized carbons (Fsp3) is 0.875. The number of piperidine rings is 1. The molecule has 2 N–H and O–H groups in total. The summed E-state index contributed by atoms with van der Waals surface area (Å²) in [6.45, 7) is 4.06. The standard InChI is InChI=1S/C8H15NO2/c1-6-2-7(3-8(10)11)5-9-4-6/h6-7,9H,2-5H2,1H3,(H,10,11)/t6-,7+/m0/s1. The van der Waals surface area contributed by atoms with Crippen LogP contribution >= 0.6 is 0 Å². The van der Waals surface area contributed by atoms with E-state index in [2.05, 4.69) is 12.2 Å². The third-order valence-electron chi connectivity index (χ3n) is 2.12. The summed E-state index contributed by atoms with van der Waals surface area (Å²) in [5.41, 5.74) is 0. The van der Waals surface area contributed by atoms with Gasteiger partial charge in [-0.05, 0) is 31.3 Å². The second-order valence-corrected chi connectivity index (χ2v) is 3.46. The smallest absolute Gasteiger partial charge is 0.303 e. The molecule has 1 saturated heterocycles. The Hall–Kier alpha value is -0.570. The molecule has 0 radical (unpaired) electrons. The van der Waals surface area contributed by atoms with E-state index >= 15 is 0 Å². The average Bonchev–Trinajstić information content (AvgIpc) is 1.85. The minimum absolute atomic E-state index is 0.317. The van der Waals surface area contributed by atoms with Crippen LogP contribution in [0, 0.1) is 11.8 Å². The summed E-state index contributed by atoms with van der Waals surface area (Å²) < 4.78 is 0. The summed E-state index contributed by atoms with van der Waals surface area (Å²) in [7, 11) is 0. The Labute approximate surface area is 66.8 Å². The highest BCUT2D eigenvalue weighted by Gasteiger charge is 2.20. The van der Waals surface area contributed by atoms with Gasteiger partial charge in [0, 0.05) is 6.42 Å². The third kappa shape index (κ3) is 2.89. The molecule has 0 aromatic rings. The molecule has 1 aliphatic heterocycles. The van der Waals surface area contributed by atoms with E-state index in [0.717, 1.165) is 19.5 Å². The fourth-order valence-corrected chi connectivity index (χ4v) is 1.67. The van der Waals surface area contributed by atoms with Crippen molar-refractivity contribution in [3.63, 3.8) is 0 Å². The molecule has 1 fully saturated rings. The van der Waals surface area contributed by atoms with Crippen molar-refractivity contribution in [2.24, 2.45) is 11.8 Å². The van der Waals surface area contributed by atoms with Crippen LogP contribution in [-0.4, -0.2) is 24.2 Å². The van der Waals surface area contributed by atoms with Crippen molar-refractivity contribution in [3.8, 4) is 0 Å².